The van der Waals surface area contributed by atoms with E-state index in [4.69, 9.17) is 0 Å². The van der Waals surface area contributed by atoms with E-state index >= 15 is 0 Å². The van der Waals surface area contributed by atoms with Gasteiger partial charge in [-0.25, -0.2) is 0 Å². The molecule has 0 aliphatic heterocycles. The molecule has 0 N–H and O–H groups in total. The molecule has 0 radical (unpaired) electrons. The zero-order valence-electron chi connectivity index (χ0n) is 22.2. The van der Waals surface area contributed by atoms with Gasteiger partial charge in [-0.1, -0.05) is 91.4 Å². The molecule has 0 fully saturated rings. The highest BCUT2D eigenvalue weighted by Gasteiger charge is 2.14. The van der Waals surface area contributed by atoms with Crippen molar-refractivity contribution in [3.8, 4) is 0 Å². The smallest absolute Gasteiger partial charge is 0.142 e. The van der Waals surface area contributed by atoms with Gasteiger partial charge in [-0.3, -0.25) is 4.79 Å². The quantitative estimate of drug-likeness (QED) is 0.0962. The zero-order chi connectivity index (χ0) is 24.9. The van der Waals surface area contributed by atoms with E-state index in [1.165, 1.54) is 57.8 Å². The van der Waals surface area contributed by atoms with Crippen LogP contribution in [-0.2, 0) is 14.4 Å². The zero-order valence-corrected chi connectivity index (χ0v) is 22.2. The number of allylic oxidation sites excluding steroid dienone is 4. The third kappa shape index (κ3) is 42.6. The lowest BCUT2D eigenvalue weighted by atomic mass is 9.84. The van der Waals surface area contributed by atoms with Crippen LogP contribution >= 0.6 is 0 Å². The highest BCUT2D eigenvalue weighted by Crippen LogP contribution is 2.25. The Labute approximate surface area is 200 Å². The average Bonchev–Trinajstić information content (AvgIpc) is 2.72. The maximum absolute atomic E-state index is 10.1. The Morgan fingerprint density at radius 1 is 0.719 bits per heavy atom. The van der Waals surface area contributed by atoms with Gasteiger partial charge < -0.3 is 9.59 Å². The Morgan fingerprint density at radius 2 is 1.25 bits per heavy atom. The lowest BCUT2D eigenvalue weighted by Gasteiger charge is -2.21. The molecule has 1 atom stereocenters. The standard InChI is InChI=1S/C11H20O.C9H18O.C9H16O/c1-2-3-4-5-6-7-8-9-10-11-12;1-8(5-6-10)7-9(2,3)4;1-2-3-4-5-6-7-8-9-10/h2-3,11H,4-10H2,1H3;6,8H,5,7H2,1-4H3;7-9H,2-6H2,1H3. The summed E-state index contributed by atoms with van der Waals surface area (Å²) in [6, 6.07) is 0. The van der Waals surface area contributed by atoms with Gasteiger partial charge in [-0.15, -0.1) is 0 Å². The molecular weight excluding hydrogens is 396 g/mol. The number of hydrogen-bond donors (Lipinski definition) is 0. The fourth-order valence-corrected chi connectivity index (χ4v) is 3.32. The van der Waals surface area contributed by atoms with Crippen LogP contribution in [0, 0.1) is 11.3 Å². The van der Waals surface area contributed by atoms with Crippen molar-refractivity contribution in [3.05, 3.63) is 24.3 Å². The summed E-state index contributed by atoms with van der Waals surface area (Å²) in [4.78, 5) is 29.9. The van der Waals surface area contributed by atoms with Crippen LogP contribution in [0.3, 0.4) is 0 Å². The molecule has 0 aliphatic rings. The van der Waals surface area contributed by atoms with E-state index < -0.39 is 0 Å². The number of hydrogen-bond acceptors (Lipinski definition) is 3. The van der Waals surface area contributed by atoms with Crippen molar-refractivity contribution < 1.29 is 14.4 Å². The van der Waals surface area contributed by atoms with Crippen LogP contribution in [0.5, 0.6) is 0 Å². The largest absolute Gasteiger partial charge is 0.303 e. The van der Waals surface area contributed by atoms with Crippen LogP contribution in [0.25, 0.3) is 0 Å². The second-order valence-corrected chi connectivity index (χ2v) is 9.77. The Hall–Kier alpha value is -1.51. The van der Waals surface area contributed by atoms with Crippen LogP contribution in [0.15, 0.2) is 24.3 Å². The number of carbonyl (C=O) groups excluding carboxylic acids is 3. The SMILES string of the molecule is CC(CC=O)CC(C)(C)C.CC=CCCCCCCCC=O.CCCCCCC=CC=O. The lowest BCUT2D eigenvalue weighted by Crippen LogP contribution is -2.11. The van der Waals surface area contributed by atoms with Gasteiger partial charge in [0.15, 0.2) is 0 Å². The monoisotopic (exact) mass is 450 g/mol. The van der Waals surface area contributed by atoms with Crippen molar-refractivity contribution in [1.82, 2.24) is 0 Å². The van der Waals surface area contributed by atoms with Gasteiger partial charge in [-0.2, -0.15) is 0 Å². The molecule has 188 valence electrons. The van der Waals surface area contributed by atoms with E-state index in [0.29, 0.717) is 17.8 Å². The van der Waals surface area contributed by atoms with Gasteiger partial charge >= 0.3 is 0 Å². The van der Waals surface area contributed by atoms with Crippen molar-refractivity contribution in [1.29, 1.82) is 0 Å². The van der Waals surface area contributed by atoms with E-state index in [0.717, 1.165) is 44.5 Å². The average molecular weight is 451 g/mol. The topological polar surface area (TPSA) is 51.2 Å². The molecule has 0 spiro atoms. The summed E-state index contributed by atoms with van der Waals surface area (Å²) in [5.74, 6) is 0.539. The van der Waals surface area contributed by atoms with Crippen LogP contribution in [-0.4, -0.2) is 18.9 Å². The van der Waals surface area contributed by atoms with E-state index in [-0.39, 0.29) is 0 Å². The van der Waals surface area contributed by atoms with Crippen LogP contribution < -0.4 is 0 Å². The summed E-state index contributed by atoms with van der Waals surface area (Å²) in [6.45, 7) is 13.0. The molecule has 0 aromatic heterocycles. The van der Waals surface area contributed by atoms with Crippen molar-refractivity contribution in [3.63, 3.8) is 0 Å². The van der Waals surface area contributed by atoms with Gasteiger partial charge in [0, 0.05) is 12.8 Å². The Morgan fingerprint density at radius 3 is 1.72 bits per heavy atom. The minimum atomic E-state index is 0.364. The van der Waals surface area contributed by atoms with Gasteiger partial charge in [0.25, 0.3) is 0 Å². The molecule has 3 nitrogen and oxygen atoms in total. The van der Waals surface area contributed by atoms with Crippen molar-refractivity contribution in [2.45, 2.75) is 131 Å². The normalized spacial score (nSPS) is 11.9. The Bertz CT molecular complexity index is 444. The third-order valence-electron chi connectivity index (χ3n) is 4.83. The maximum atomic E-state index is 10.1. The first kappa shape index (κ1) is 35.1. The number of aldehydes is 3. The molecule has 0 heterocycles. The summed E-state index contributed by atoms with van der Waals surface area (Å²) >= 11 is 0. The fraction of sp³-hybridized carbons (Fsp3) is 0.759. The van der Waals surface area contributed by atoms with Gasteiger partial charge in [0.2, 0.25) is 0 Å². The van der Waals surface area contributed by atoms with Crippen molar-refractivity contribution in [2.24, 2.45) is 11.3 Å². The van der Waals surface area contributed by atoms with Crippen LogP contribution in [0.1, 0.15) is 131 Å². The lowest BCUT2D eigenvalue weighted by molar-refractivity contribution is -0.109. The molecule has 0 saturated heterocycles. The minimum absolute atomic E-state index is 0.364. The molecule has 0 rings (SSSR count). The van der Waals surface area contributed by atoms with Crippen LogP contribution in [0.4, 0.5) is 0 Å². The summed E-state index contributed by atoms with van der Waals surface area (Å²) in [5, 5.41) is 0. The summed E-state index contributed by atoms with van der Waals surface area (Å²) < 4.78 is 0. The predicted octanol–water partition coefficient (Wildman–Crippen LogP) is 8.85. The highest BCUT2D eigenvalue weighted by atomic mass is 16.1. The van der Waals surface area contributed by atoms with E-state index in [2.05, 4.69) is 53.7 Å². The minimum Gasteiger partial charge on any atom is -0.303 e. The number of rotatable bonds is 17. The van der Waals surface area contributed by atoms with E-state index in [1.54, 1.807) is 6.08 Å². The van der Waals surface area contributed by atoms with Gasteiger partial charge in [-0.05, 0) is 62.9 Å². The van der Waals surface area contributed by atoms with Crippen molar-refractivity contribution in [2.75, 3.05) is 0 Å². The summed E-state index contributed by atoms with van der Waals surface area (Å²) in [7, 11) is 0. The first-order chi connectivity index (χ1) is 15.3. The molecule has 0 saturated carbocycles. The maximum Gasteiger partial charge on any atom is 0.142 e. The Balaban J connectivity index is -0.000000397. The summed E-state index contributed by atoms with van der Waals surface area (Å²) in [6.07, 6.45) is 26.8. The Kier molecular flexibility index (Phi) is 32.3. The highest BCUT2D eigenvalue weighted by molar-refractivity contribution is 5.64. The molecule has 1 unspecified atom stereocenters. The number of carbonyl (C=O) groups is 3. The third-order valence-corrected chi connectivity index (χ3v) is 4.83. The molecule has 32 heavy (non-hydrogen) atoms. The molecule has 3 heteroatoms. The van der Waals surface area contributed by atoms with Gasteiger partial charge in [0.1, 0.15) is 18.9 Å². The molecular formula is C29H54O3. The predicted molar refractivity (Wildman–Crippen MR) is 141 cm³/mol. The van der Waals surface area contributed by atoms with Gasteiger partial charge in [0.05, 0.1) is 0 Å². The second kappa shape index (κ2) is 29.5. The van der Waals surface area contributed by atoms with E-state index in [1.807, 2.05) is 6.08 Å². The first-order valence-corrected chi connectivity index (χ1v) is 12.9. The second-order valence-electron chi connectivity index (χ2n) is 9.77. The summed E-state index contributed by atoms with van der Waals surface area (Å²) in [5.41, 5.74) is 0.364. The molecule has 0 aromatic carbocycles. The molecule has 0 amide bonds. The van der Waals surface area contributed by atoms with E-state index in [9.17, 15) is 14.4 Å². The fourth-order valence-electron chi connectivity index (χ4n) is 3.32. The molecule has 0 aliphatic carbocycles. The first-order valence-electron chi connectivity index (χ1n) is 12.9. The van der Waals surface area contributed by atoms with Crippen LogP contribution in [0.2, 0.25) is 0 Å². The molecule has 0 bridgehead atoms. The molecule has 0 aromatic rings. The van der Waals surface area contributed by atoms with Crippen molar-refractivity contribution >= 4 is 18.9 Å². The number of unbranched alkanes of at least 4 members (excludes halogenated alkanes) is 10.